The van der Waals surface area contributed by atoms with Gasteiger partial charge < -0.3 is 9.88 Å². The van der Waals surface area contributed by atoms with Crippen LogP contribution in [-0.4, -0.2) is 30.1 Å². The third kappa shape index (κ3) is 2.25. The molecule has 7 nitrogen and oxygen atoms in total. The lowest BCUT2D eigenvalue weighted by molar-refractivity contribution is 0.0942. The number of amides is 1. The maximum Gasteiger partial charge on any atom is 0.270 e. The minimum Gasteiger partial charge on any atom is -0.345 e. The molecule has 0 unspecified atom stereocenters. The summed E-state index contributed by atoms with van der Waals surface area (Å²) in [4.78, 5) is 20.7. The van der Waals surface area contributed by atoms with Gasteiger partial charge in [-0.1, -0.05) is 0 Å². The van der Waals surface area contributed by atoms with Gasteiger partial charge in [-0.2, -0.15) is 5.10 Å². The molecule has 3 aromatic rings. The van der Waals surface area contributed by atoms with Gasteiger partial charge in [0.1, 0.15) is 5.69 Å². The monoisotopic (exact) mass is 270 g/mol. The topological polar surface area (TPSA) is 77.1 Å². The van der Waals surface area contributed by atoms with Crippen LogP contribution in [0, 0.1) is 6.92 Å². The molecule has 0 aliphatic heterocycles. The number of nitrogens with zero attached hydrogens (tertiary/aromatic N) is 5. The third-order valence-electron chi connectivity index (χ3n) is 2.91. The molecule has 0 saturated carbocycles. The average molecular weight is 270 g/mol. The van der Waals surface area contributed by atoms with Crippen molar-refractivity contribution in [3.8, 4) is 0 Å². The van der Waals surface area contributed by atoms with Crippen LogP contribution in [0.5, 0.6) is 0 Å². The van der Waals surface area contributed by atoms with Crippen LogP contribution in [0.25, 0.3) is 5.65 Å². The minimum absolute atomic E-state index is 0.199. The van der Waals surface area contributed by atoms with Crippen LogP contribution in [0.4, 0.5) is 0 Å². The second kappa shape index (κ2) is 4.76. The standard InChI is InChI=1S/C13H14N6O/c1-9-5-11(19-12(17-9)3-4-16-19)13(20)14-6-10-7-18(2)8-15-10/h3-5,7-8H,6H2,1-2H3,(H,14,20). The van der Waals surface area contributed by atoms with E-state index < -0.39 is 0 Å². The van der Waals surface area contributed by atoms with Crippen molar-refractivity contribution in [2.24, 2.45) is 7.05 Å². The summed E-state index contributed by atoms with van der Waals surface area (Å²) in [6, 6.07) is 3.48. The first kappa shape index (κ1) is 12.3. The van der Waals surface area contributed by atoms with Gasteiger partial charge in [0.15, 0.2) is 5.65 Å². The zero-order valence-corrected chi connectivity index (χ0v) is 11.2. The second-order valence-electron chi connectivity index (χ2n) is 4.60. The Balaban J connectivity index is 1.83. The van der Waals surface area contributed by atoms with Gasteiger partial charge in [0.05, 0.1) is 24.8 Å². The van der Waals surface area contributed by atoms with Crippen LogP contribution in [0.1, 0.15) is 21.9 Å². The number of imidazole rings is 1. The SMILES string of the molecule is Cc1cc(C(=O)NCc2cn(C)cn2)n2nccc2n1. The van der Waals surface area contributed by atoms with Crippen LogP contribution in [0.2, 0.25) is 0 Å². The van der Waals surface area contributed by atoms with Gasteiger partial charge >= 0.3 is 0 Å². The Morgan fingerprint density at radius 3 is 3.05 bits per heavy atom. The van der Waals surface area contributed by atoms with Crippen molar-refractivity contribution >= 4 is 11.6 Å². The molecule has 3 rings (SSSR count). The number of aryl methyl sites for hydroxylation is 2. The Morgan fingerprint density at radius 1 is 1.45 bits per heavy atom. The molecule has 1 amide bonds. The van der Waals surface area contributed by atoms with Gasteiger partial charge in [-0.05, 0) is 13.0 Å². The number of fused-ring (bicyclic) bond motifs is 1. The molecule has 0 atom stereocenters. The Morgan fingerprint density at radius 2 is 2.30 bits per heavy atom. The highest BCUT2D eigenvalue weighted by Crippen LogP contribution is 2.07. The predicted octanol–water partition coefficient (Wildman–Crippen LogP) is 0.701. The molecule has 0 aromatic carbocycles. The molecule has 3 heterocycles. The zero-order valence-electron chi connectivity index (χ0n) is 11.2. The predicted molar refractivity (Wildman–Crippen MR) is 72.1 cm³/mol. The van der Waals surface area contributed by atoms with Crippen molar-refractivity contribution in [1.82, 2.24) is 29.5 Å². The molecule has 1 N–H and O–H groups in total. The molecule has 0 spiro atoms. The van der Waals surface area contributed by atoms with Gasteiger partial charge in [0, 0.05) is 25.0 Å². The van der Waals surface area contributed by atoms with E-state index in [0.29, 0.717) is 17.9 Å². The summed E-state index contributed by atoms with van der Waals surface area (Å²) in [6.45, 7) is 2.23. The van der Waals surface area contributed by atoms with Crippen molar-refractivity contribution in [3.05, 3.63) is 47.9 Å². The molecule has 0 radical (unpaired) electrons. The van der Waals surface area contributed by atoms with E-state index in [0.717, 1.165) is 11.4 Å². The molecule has 20 heavy (non-hydrogen) atoms. The lowest BCUT2D eigenvalue weighted by atomic mass is 10.3. The molecule has 0 aliphatic rings. The summed E-state index contributed by atoms with van der Waals surface area (Å²) in [6.07, 6.45) is 5.18. The second-order valence-corrected chi connectivity index (χ2v) is 4.60. The van der Waals surface area contributed by atoms with Gasteiger partial charge in [0.25, 0.3) is 5.91 Å². The number of aromatic nitrogens is 5. The lowest BCUT2D eigenvalue weighted by Gasteiger charge is -2.06. The first-order valence-corrected chi connectivity index (χ1v) is 6.20. The Labute approximate surface area is 115 Å². The quantitative estimate of drug-likeness (QED) is 0.760. The number of hydrogen-bond donors (Lipinski definition) is 1. The highest BCUT2D eigenvalue weighted by atomic mass is 16.2. The van der Waals surface area contributed by atoms with Gasteiger partial charge in [0.2, 0.25) is 0 Å². The van der Waals surface area contributed by atoms with E-state index in [1.807, 2.05) is 24.7 Å². The van der Waals surface area contributed by atoms with Crippen LogP contribution in [0.3, 0.4) is 0 Å². The molecule has 3 aromatic heterocycles. The van der Waals surface area contributed by atoms with Crippen molar-refractivity contribution in [1.29, 1.82) is 0 Å². The number of nitrogens with one attached hydrogen (secondary N) is 1. The van der Waals surface area contributed by atoms with Crippen LogP contribution >= 0.6 is 0 Å². The molecule has 7 heteroatoms. The van der Waals surface area contributed by atoms with E-state index in [1.165, 1.54) is 4.52 Å². The lowest BCUT2D eigenvalue weighted by Crippen LogP contribution is -2.25. The smallest absolute Gasteiger partial charge is 0.270 e. The normalized spacial score (nSPS) is 10.9. The van der Waals surface area contributed by atoms with Crippen molar-refractivity contribution in [2.75, 3.05) is 0 Å². The van der Waals surface area contributed by atoms with Crippen LogP contribution in [0.15, 0.2) is 30.9 Å². The Kier molecular flexibility index (Phi) is 2.94. The van der Waals surface area contributed by atoms with Gasteiger partial charge in [-0.25, -0.2) is 14.5 Å². The zero-order chi connectivity index (χ0) is 14.1. The number of carbonyl (C=O) groups excluding carboxylic acids is 1. The van der Waals surface area contributed by atoms with Crippen LogP contribution < -0.4 is 5.32 Å². The maximum atomic E-state index is 12.3. The summed E-state index contributed by atoms with van der Waals surface area (Å²) in [5.74, 6) is -0.199. The Bertz CT molecular complexity index is 772. The molecule has 0 bridgehead atoms. The van der Waals surface area contributed by atoms with E-state index in [1.54, 1.807) is 24.7 Å². The molecule has 0 saturated heterocycles. The highest BCUT2D eigenvalue weighted by molar-refractivity contribution is 5.93. The molecular formula is C13H14N6O. The fourth-order valence-corrected chi connectivity index (χ4v) is 2.02. The fraction of sp³-hybridized carbons (Fsp3) is 0.231. The number of rotatable bonds is 3. The van der Waals surface area contributed by atoms with E-state index in [9.17, 15) is 4.79 Å². The van der Waals surface area contributed by atoms with Crippen LogP contribution in [-0.2, 0) is 13.6 Å². The molecule has 0 aliphatic carbocycles. The van der Waals surface area contributed by atoms with Crippen molar-refractivity contribution in [3.63, 3.8) is 0 Å². The Hall–Kier alpha value is -2.70. The minimum atomic E-state index is -0.199. The summed E-state index contributed by atoms with van der Waals surface area (Å²) >= 11 is 0. The summed E-state index contributed by atoms with van der Waals surface area (Å²) in [5.41, 5.74) is 2.71. The summed E-state index contributed by atoms with van der Waals surface area (Å²) in [5, 5.41) is 6.95. The maximum absolute atomic E-state index is 12.3. The van der Waals surface area contributed by atoms with E-state index in [-0.39, 0.29) is 5.91 Å². The van der Waals surface area contributed by atoms with Crippen molar-refractivity contribution in [2.45, 2.75) is 13.5 Å². The largest absolute Gasteiger partial charge is 0.345 e. The molecule has 0 fully saturated rings. The van der Waals surface area contributed by atoms with E-state index in [2.05, 4.69) is 20.4 Å². The number of hydrogen-bond acceptors (Lipinski definition) is 4. The molecular weight excluding hydrogens is 256 g/mol. The van der Waals surface area contributed by atoms with E-state index in [4.69, 9.17) is 0 Å². The van der Waals surface area contributed by atoms with Gasteiger partial charge in [-0.3, -0.25) is 4.79 Å². The summed E-state index contributed by atoms with van der Waals surface area (Å²) < 4.78 is 3.37. The number of carbonyl (C=O) groups is 1. The molecule has 102 valence electrons. The van der Waals surface area contributed by atoms with Gasteiger partial charge in [-0.15, -0.1) is 0 Å². The highest BCUT2D eigenvalue weighted by Gasteiger charge is 2.12. The fourth-order valence-electron chi connectivity index (χ4n) is 2.02. The first-order valence-electron chi connectivity index (χ1n) is 6.20. The summed E-state index contributed by atoms with van der Waals surface area (Å²) in [7, 11) is 1.89. The van der Waals surface area contributed by atoms with Crippen molar-refractivity contribution < 1.29 is 4.79 Å². The average Bonchev–Trinajstić information content (AvgIpc) is 3.03. The first-order chi connectivity index (χ1) is 9.63. The van der Waals surface area contributed by atoms with E-state index >= 15 is 0 Å². The third-order valence-corrected chi connectivity index (χ3v) is 2.91.